The summed E-state index contributed by atoms with van der Waals surface area (Å²) in [7, 11) is 0. The molecule has 0 bridgehead atoms. The number of ether oxygens (including phenoxy) is 1. The van der Waals surface area contributed by atoms with Crippen molar-refractivity contribution < 1.29 is 9.53 Å². The first-order chi connectivity index (χ1) is 13.3. The summed E-state index contributed by atoms with van der Waals surface area (Å²) in [5.74, 6) is 0.847. The molecule has 4 rings (SSSR count). The molecule has 2 aromatic carbocycles. The average molecular weight is 382 g/mol. The van der Waals surface area contributed by atoms with Gasteiger partial charge in [0, 0.05) is 43.1 Å². The van der Waals surface area contributed by atoms with E-state index in [4.69, 9.17) is 4.74 Å². The Labute approximate surface area is 162 Å². The largest absolute Gasteiger partial charge is 0.491 e. The van der Waals surface area contributed by atoms with Gasteiger partial charge in [0.15, 0.2) is 5.13 Å². The van der Waals surface area contributed by atoms with E-state index in [1.54, 1.807) is 11.3 Å². The van der Waals surface area contributed by atoms with Gasteiger partial charge in [-0.2, -0.15) is 0 Å². The number of rotatable bonds is 5. The minimum Gasteiger partial charge on any atom is -0.491 e. The molecule has 2 heterocycles. The number of anilines is 1. The van der Waals surface area contributed by atoms with Gasteiger partial charge in [0.25, 0.3) is 0 Å². The minimum absolute atomic E-state index is 0.0321. The third-order valence-electron chi connectivity index (χ3n) is 4.64. The summed E-state index contributed by atoms with van der Waals surface area (Å²) in [6, 6.07) is 14.1. The van der Waals surface area contributed by atoms with Crippen LogP contribution >= 0.6 is 11.3 Å². The number of carbonyl (C=O) groups excluding carboxylic acids is 1. The van der Waals surface area contributed by atoms with Gasteiger partial charge in [-0.3, -0.25) is 0 Å². The molecule has 1 saturated heterocycles. The fourth-order valence-corrected chi connectivity index (χ4v) is 3.92. The number of carbonyl (C=O) groups is 1. The van der Waals surface area contributed by atoms with E-state index in [-0.39, 0.29) is 6.03 Å². The Balaban J connectivity index is 1.22. The highest BCUT2D eigenvalue weighted by Crippen LogP contribution is 2.25. The number of nitrogens with one attached hydrogen (secondary N) is 1. The van der Waals surface area contributed by atoms with E-state index in [0.29, 0.717) is 26.2 Å². The number of urea groups is 1. The highest BCUT2D eigenvalue weighted by atomic mass is 32.1. The molecular weight excluding hydrogens is 360 g/mol. The molecule has 0 saturated carbocycles. The number of hydrogen-bond donors (Lipinski definition) is 1. The lowest BCUT2D eigenvalue weighted by Gasteiger charge is -2.34. The molecule has 140 valence electrons. The van der Waals surface area contributed by atoms with Crippen molar-refractivity contribution >= 4 is 33.3 Å². The zero-order chi connectivity index (χ0) is 18.5. The number of thiazole rings is 1. The lowest BCUT2D eigenvalue weighted by atomic mass is 10.1. The normalized spacial score (nSPS) is 14.4. The lowest BCUT2D eigenvalue weighted by molar-refractivity contribution is 0.191. The number of fused-ring (bicyclic) bond motifs is 1. The van der Waals surface area contributed by atoms with E-state index in [1.807, 2.05) is 46.8 Å². The van der Waals surface area contributed by atoms with Crippen LogP contribution in [0.4, 0.5) is 9.93 Å². The van der Waals surface area contributed by atoms with Crippen molar-refractivity contribution in [3.8, 4) is 5.75 Å². The van der Waals surface area contributed by atoms with Gasteiger partial charge in [-0.05, 0) is 11.5 Å². The summed E-state index contributed by atoms with van der Waals surface area (Å²) in [5, 5.41) is 8.19. The zero-order valence-electron chi connectivity index (χ0n) is 15.0. The van der Waals surface area contributed by atoms with Crippen molar-refractivity contribution in [1.82, 2.24) is 15.2 Å². The van der Waals surface area contributed by atoms with Crippen LogP contribution in [0.2, 0.25) is 0 Å². The number of nitrogens with zero attached hydrogens (tertiary/aromatic N) is 3. The summed E-state index contributed by atoms with van der Waals surface area (Å²) >= 11 is 1.63. The van der Waals surface area contributed by atoms with Crippen LogP contribution < -0.4 is 15.0 Å². The first kappa shape index (κ1) is 17.6. The molecule has 2 amide bonds. The Morgan fingerprint density at radius 2 is 1.93 bits per heavy atom. The van der Waals surface area contributed by atoms with Crippen LogP contribution in [-0.2, 0) is 0 Å². The van der Waals surface area contributed by atoms with Gasteiger partial charge in [-0.15, -0.1) is 11.3 Å². The number of amides is 2. The first-order valence-corrected chi connectivity index (χ1v) is 9.97. The lowest BCUT2D eigenvalue weighted by Crippen LogP contribution is -2.52. The monoisotopic (exact) mass is 382 g/mol. The summed E-state index contributed by atoms with van der Waals surface area (Å²) in [4.78, 5) is 20.7. The number of aromatic nitrogens is 1. The van der Waals surface area contributed by atoms with Gasteiger partial charge in [0.05, 0.1) is 6.54 Å². The molecule has 0 spiro atoms. The van der Waals surface area contributed by atoms with Gasteiger partial charge in [-0.25, -0.2) is 9.78 Å². The molecule has 7 heteroatoms. The predicted molar refractivity (Wildman–Crippen MR) is 109 cm³/mol. The van der Waals surface area contributed by atoms with Gasteiger partial charge < -0.3 is 19.9 Å². The molecule has 3 aromatic rings. The quantitative estimate of drug-likeness (QED) is 0.689. The number of benzene rings is 2. The minimum atomic E-state index is -0.0321. The van der Waals surface area contributed by atoms with Gasteiger partial charge >= 0.3 is 6.03 Å². The fraction of sp³-hybridized carbons (Fsp3) is 0.300. The molecule has 27 heavy (non-hydrogen) atoms. The van der Waals surface area contributed by atoms with E-state index in [9.17, 15) is 4.79 Å². The standard InChI is InChI=1S/C20H22N4O2S/c25-19(23-10-12-24(13-11-23)20-22-9-15-27-20)21-8-14-26-18-7-3-5-16-4-1-2-6-17(16)18/h1-7,9,15H,8,10-14H2,(H,21,25). The molecule has 0 atom stereocenters. The molecule has 1 aliphatic heterocycles. The third kappa shape index (κ3) is 4.14. The van der Waals surface area contributed by atoms with Crippen molar-refractivity contribution in [2.45, 2.75) is 0 Å². The molecule has 0 unspecified atom stereocenters. The van der Waals surface area contributed by atoms with E-state index in [1.165, 1.54) is 0 Å². The van der Waals surface area contributed by atoms with Crippen LogP contribution in [0.3, 0.4) is 0 Å². The maximum atomic E-state index is 12.3. The summed E-state index contributed by atoms with van der Waals surface area (Å²) < 4.78 is 5.87. The number of piperazine rings is 1. The van der Waals surface area contributed by atoms with Crippen molar-refractivity contribution in [2.24, 2.45) is 0 Å². The molecule has 1 aliphatic rings. The van der Waals surface area contributed by atoms with Crippen LogP contribution in [0.1, 0.15) is 0 Å². The molecule has 1 fully saturated rings. The van der Waals surface area contributed by atoms with Crippen molar-refractivity contribution in [3.63, 3.8) is 0 Å². The highest BCUT2D eigenvalue weighted by Gasteiger charge is 2.21. The highest BCUT2D eigenvalue weighted by molar-refractivity contribution is 7.13. The van der Waals surface area contributed by atoms with Crippen molar-refractivity contribution in [2.75, 3.05) is 44.2 Å². The van der Waals surface area contributed by atoms with Crippen LogP contribution in [0, 0.1) is 0 Å². The van der Waals surface area contributed by atoms with Crippen LogP contribution in [0.5, 0.6) is 5.75 Å². The number of hydrogen-bond acceptors (Lipinski definition) is 5. The second-order valence-electron chi connectivity index (χ2n) is 6.35. The van der Waals surface area contributed by atoms with E-state index < -0.39 is 0 Å². The van der Waals surface area contributed by atoms with Crippen molar-refractivity contribution in [1.29, 1.82) is 0 Å². The third-order valence-corrected chi connectivity index (χ3v) is 5.47. The Morgan fingerprint density at radius 3 is 2.74 bits per heavy atom. The van der Waals surface area contributed by atoms with Gasteiger partial charge in [-0.1, -0.05) is 36.4 Å². The summed E-state index contributed by atoms with van der Waals surface area (Å²) in [6.45, 7) is 3.96. The predicted octanol–water partition coefficient (Wildman–Crippen LogP) is 3.21. The Kier molecular flexibility index (Phi) is 5.39. The molecule has 1 aromatic heterocycles. The van der Waals surface area contributed by atoms with Crippen LogP contribution in [0.15, 0.2) is 54.0 Å². The molecule has 6 nitrogen and oxygen atoms in total. The second kappa shape index (κ2) is 8.26. The summed E-state index contributed by atoms with van der Waals surface area (Å²) in [6.07, 6.45) is 1.81. The SMILES string of the molecule is O=C(NCCOc1cccc2ccccc12)N1CCN(c2nccs2)CC1. The van der Waals surface area contributed by atoms with E-state index in [2.05, 4.69) is 27.3 Å². The smallest absolute Gasteiger partial charge is 0.317 e. The molecule has 0 aliphatic carbocycles. The zero-order valence-corrected chi connectivity index (χ0v) is 15.8. The van der Waals surface area contributed by atoms with E-state index in [0.717, 1.165) is 34.7 Å². The Morgan fingerprint density at radius 1 is 1.11 bits per heavy atom. The topological polar surface area (TPSA) is 57.7 Å². The summed E-state index contributed by atoms with van der Waals surface area (Å²) in [5.41, 5.74) is 0. The van der Waals surface area contributed by atoms with E-state index >= 15 is 0 Å². The Bertz CT molecular complexity index is 887. The molecule has 1 N–H and O–H groups in total. The fourth-order valence-electron chi connectivity index (χ4n) is 3.23. The van der Waals surface area contributed by atoms with Gasteiger partial charge in [0.1, 0.15) is 12.4 Å². The van der Waals surface area contributed by atoms with Crippen molar-refractivity contribution in [3.05, 3.63) is 54.0 Å². The molecule has 0 radical (unpaired) electrons. The molecular formula is C20H22N4O2S. The Hall–Kier alpha value is -2.80. The maximum absolute atomic E-state index is 12.3. The second-order valence-corrected chi connectivity index (χ2v) is 7.22. The first-order valence-electron chi connectivity index (χ1n) is 9.09. The average Bonchev–Trinajstić information content (AvgIpc) is 3.26. The van der Waals surface area contributed by atoms with Gasteiger partial charge in [0.2, 0.25) is 0 Å². The van der Waals surface area contributed by atoms with Crippen LogP contribution in [0.25, 0.3) is 10.8 Å². The maximum Gasteiger partial charge on any atom is 0.317 e. The van der Waals surface area contributed by atoms with Crippen LogP contribution in [-0.4, -0.2) is 55.2 Å².